The van der Waals surface area contributed by atoms with Crippen LogP contribution in [0.2, 0.25) is 0 Å². The van der Waals surface area contributed by atoms with Gasteiger partial charge in [0.1, 0.15) is 0 Å². The largest absolute Gasteiger partial charge is 0.493 e. The summed E-state index contributed by atoms with van der Waals surface area (Å²) in [5.41, 5.74) is 0.631. The zero-order valence-electron chi connectivity index (χ0n) is 16.6. The molecule has 2 N–H and O–H groups in total. The quantitative estimate of drug-likeness (QED) is 0.357. The minimum Gasteiger partial charge on any atom is -0.493 e. The Labute approximate surface area is 164 Å². The Hall–Kier alpha value is -2.52. The summed E-state index contributed by atoms with van der Waals surface area (Å²) in [5.74, 6) is -2.66. The highest BCUT2D eigenvalue weighted by Gasteiger charge is 2.25. The summed E-state index contributed by atoms with van der Waals surface area (Å²) in [6.07, 6.45) is 0.144. The first-order valence-corrected chi connectivity index (χ1v) is 8.73. The lowest BCUT2D eigenvalue weighted by atomic mass is 9.90. The Bertz CT molecular complexity index is 619. The van der Waals surface area contributed by atoms with Gasteiger partial charge in [0.05, 0.1) is 39.3 Å². The molecule has 1 aromatic rings. The molecule has 9 heteroatoms. The molecule has 0 fully saturated rings. The van der Waals surface area contributed by atoms with Crippen LogP contribution in [0.1, 0.15) is 18.9 Å². The molecule has 0 heterocycles. The second kappa shape index (κ2) is 12.0. The second-order valence-corrected chi connectivity index (χ2v) is 6.21. The van der Waals surface area contributed by atoms with Gasteiger partial charge in [-0.3, -0.25) is 9.59 Å². The number of hydrogen-bond acceptors (Lipinski definition) is 7. The number of carboxylic acid groups (broad SMARTS) is 2. The van der Waals surface area contributed by atoms with Crippen LogP contribution in [-0.4, -0.2) is 63.5 Å². The maximum absolute atomic E-state index is 11.6. The van der Waals surface area contributed by atoms with Crippen molar-refractivity contribution in [2.75, 3.05) is 41.3 Å². The zero-order valence-corrected chi connectivity index (χ0v) is 16.6. The van der Waals surface area contributed by atoms with Crippen molar-refractivity contribution in [2.45, 2.75) is 19.8 Å². The Balaban J connectivity index is 2.97. The summed E-state index contributed by atoms with van der Waals surface area (Å²) in [6.45, 7) is 2.24. The number of carboxylic acids is 2. The van der Waals surface area contributed by atoms with E-state index in [0.29, 0.717) is 36.0 Å². The molecular weight excluding hydrogens is 372 g/mol. The molecule has 0 saturated heterocycles. The van der Waals surface area contributed by atoms with E-state index >= 15 is 0 Å². The van der Waals surface area contributed by atoms with E-state index in [9.17, 15) is 14.7 Å². The third-order valence-electron chi connectivity index (χ3n) is 4.13. The molecule has 2 unspecified atom stereocenters. The average molecular weight is 400 g/mol. The van der Waals surface area contributed by atoms with Crippen molar-refractivity contribution in [1.82, 2.24) is 0 Å². The maximum atomic E-state index is 11.6. The number of methoxy groups -OCH3 is 3. The summed E-state index contributed by atoms with van der Waals surface area (Å²) in [7, 11) is 4.48. The van der Waals surface area contributed by atoms with Gasteiger partial charge in [0.2, 0.25) is 5.75 Å². The summed E-state index contributed by atoms with van der Waals surface area (Å²) in [4.78, 5) is 22.6. The summed E-state index contributed by atoms with van der Waals surface area (Å²) in [5, 5.41) is 18.5. The van der Waals surface area contributed by atoms with Crippen LogP contribution in [0.5, 0.6) is 17.2 Å². The van der Waals surface area contributed by atoms with Crippen LogP contribution in [-0.2, 0) is 25.5 Å². The van der Waals surface area contributed by atoms with Crippen LogP contribution in [0, 0.1) is 11.8 Å². The fourth-order valence-corrected chi connectivity index (χ4v) is 2.58. The van der Waals surface area contributed by atoms with Crippen LogP contribution in [0.3, 0.4) is 0 Å². The first-order chi connectivity index (χ1) is 13.3. The highest BCUT2D eigenvalue weighted by atomic mass is 16.7. The lowest BCUT2D eigenvalue weighted by Gasteiger charge is -2.18. The predicted molar refractivity (Wildman–Crippen MR) is 99.1 cm³/mol. The highest BCUT2D eigenvalue weighted by molar-refractivity contribution is 5.74. The van der Waals surface area contributed by atoms with Crippen molar-refractivity contribution < 1.29 is 43.5 Å². The van der Waals surface area contributed by atoms with Gasteiger partial charge in [-0.25, -0.2) is 0 Å². The van der Waals surface area contributed by atoms with E-state index in [1.54, 1.807) is 19.2 Å². The number of benzene rings is 1. The van der Waals surface area contributed by atoms with E-state index < -0.39 is 23.8 Å². The van der Waals surface area contributed by atoms with Crippen LogP contribution in [0.25, 0.3) is 0 Å². The molecule has 0 aromatic heterocycles. The third-order valence-corrected chi connectivity index (χ3v) is 4.13. The Morgan fingerprint density at radius 3 is 2.07 bits per heavy atom. The molecule has 0 spiro atoms. The number of ether oxygens (including phenoxy) is 5. The van der Waals surface area contributed by atoms with Crippen molar-refractivity contribution in [3.63, 3.8) is 0 Å². The van der Waals surface area contributed by atoms with Gasteiger partial charge < -0.3 is 33.9 Å². The van der Waals surface area contributed by atoms with Gasteiger partial charge in [-0.1, -0.05) is 6.92 Å². The van der Waals surface area contributed by atoms with E-state index in [4.69, 9.17) is 28.8 Å². The minimum absolute atomic E-state index is 0.0148. The molecule has 158 valence electrons. The van der Waals surface area contributed by atoms with Crippen molar-refractivity contribution in [1.29, 1.82) is 0 Å². The van der Waals surface area contributed by atoms with Crippen molar-refractivity contribution in [2.24, 2.45) is 11.8 Å². The molecule has 0 amide bonds. The summed E-state index contributed by atoms with van der Waals surface area (Å²) >= 11 is 0. The number of rotatable bonds is 14. The normalized spacial score (nSPS) is 12.9. The number of hydrogen-bond donors (Lipinski definition) is 2. The Morgan fingerprint density at radius 2 is 1.61 bits per heavy atom. The van der Waals surface area contributed by atoms with Gasteiger partial charge in [-0.05, 0) is 30.5 Å². The molecule has 1 rings (SSSR count). The topological polar surface area (TPSA) is 121 Å². The average Bonchev–Trinajstić information content (AvgIpc) is 2.67. The molecule has 28 heavy (non-hydrogen) atoms. The van der Waals surface area contributed by atoms with Crippen molar-refractivity contribution in [3.05, 3.63) is 17.7 Å². The number of carbonyl (C=O) groups is 2. The molecule has 2 atom stereocenters. The Morgan fingerprint density at radius 1 is 1.00 bits per heavy atom. The predicted octanol–water partition coefficient (Wildman–Crippen LogP) is 2.06. The van der Waals surface area contributed by atoms with Crippen LogP contribution >= 0.6 is 0 Å². The smallest absolute Gasteiger partial charge is 0.306 e. The second-order valence-electron chi connectivity index (χ2n) is 6.21. The fraction of sp³-hybridized carbons (Fsp3) is 0.579. The first kappa shape index (κ1) is 23.5. The van der Waals surface area contributed by atoms with Crippen LogP contribution < -0.4 is 14.2 Å². The lowest BCUT2D eigenvalue weighted by molar-refractivity contribution is -0.145. The molecule has 0 bridgehead atoms. The summed E-state index contributed by atoms with van der Waals surface area (Å²) in [6, 6.07) is 3.29. The van der Waals surface area contributed by atoms with Crippen LogP contribution in [0.4, 0.5) is 0 Å². The van der Waals surface area contributed by atoms with Crippen molar-refractivity contribution in [3.8, 4) is 17.2 Å². The zero-order chi connectivity index (χ0) is 21.1. The summed E-state index contributed by atoms with van der Waals surface area (Å²) < 4.78 is 26.4. The Kier molecular flexibility index (Phi) is 10.1. The molecule has 0 saturated carbocycles. The van der Waals surface area contributed by atoms with Gasteiger partial charge in [0.25, 0.3) is 0 Å². The monoisotopic (exact) mass is 400 g/mol. The van der Waals surface area contributed by atoms with Gasteiger partial charge in [-0.2, -0.15) is 0 Å². The van der Waals surface area contributed by atoms with E-state index in [-0.39, 0.29) is 19.6 Å². The first-order valence-electron chi connectivity index (χ1n) is 8.73. The molecule has 0 aliphatic heterocycles. The van der Waals surface area contributed by atoms with Gasteiger partial charge >= 0.3 is 11.9 Å². The van der Waals surface area contributed by atoms with E-state index in [0.717, 1.165) is 0 Å². The van der Waals surface area contributed by atoms with Gasteiger partial charge in [0, 0.05) is 7.11 Å². The SMILES string of the molecule is COCCOCOc1c(OC)cc(CC(CC(C)C(=O)O)C(=O)O)cc1OC. The van der Waals surface area contributed by atoms with Gasteiger partial charge in [0.15, 0.2) is 18.3 Å². The highest BCUT2D eigenvalue weighted by Crippen LogP contribution is 2.39. The standard InChI is InChI=1S/C19H28O9/c1-12(18(20)21)7-14(19(22)23)8-13-9-15(25-3)17(16(10-13)26-4)28-11-27-6-5-24-2/h9-10,12,14H,5-8,11H2,1-4H3,(H,20,21)(H,22,23). The van der Waals surface area contributed by atoms with Crippen molar-refractivity contribution >= 4 is 11.9 Å². The minimum atomic E-state index is -1.06. The molecule has 0 aliphatic carbocycles. The van der Waals surface area contributed by atoms with E-state index in [1.165, 1.54) is 21.1 Å². The van der Waals surface area contributed by atoms with Crippen LogP contribution in [0.15, 0.2) is 12.1 Å². The van der Waals surface area contributed by atoms with E-state index in [1.807, 2.05) is 0 Å². The van der Waals surface area contributed by atoms with Gasteiger partial charge in [-0.15, -0.1) is 0 Å². The van der Waals surface area contributed by atoms with E-state index in [2.05, 4.69) is 0 Å². The molecule has 9 nitrogen and oxygen atoms in total. The third kappa shape index (κ3) is 7.24. The molecule has 0 aliphatic rings. The fourth-order valence-electron chi connectivity index (χ4n) is 2.58. The lowest BCUT2D eigenvalue weighted by Crippen LogP contribution is -2.23. The molecular formula is C19H28O9. The molecule has 1 aromatic carbocycles. The maximum Gasteiger partial charge on any atom is 0.306 e. The molecule has 0 radical (unpaired) electrons. The number of aliphatic carboxylic acids is 2.